The zero-order chi connectivity index (χ0) is 11.0. The van der Waals surface area contributed by atoms with Crippen molar-refractivity contribution in [1.82, 2.24) is 0 Å². The van der Waals surface area contributed by atoms with E-state index in [0.717, 1.165) is 31.7 Å². The van der Waals surface area contributed by atoms with E-state index in [1.54, 1.807) is 0 Å². The van der Waals surface area contributed by atoms with Crippen LogP contribution in [0.25, 0.3) is 0 Å². The second-order valence-electron chi connectivity index (χ2n) is 3.65. The van der Waals surface area contributed by atoms with Gasteiger partial charge in [0.2, 0.25) is 0 Å². The molecule has 0 spiro atoms. The van der Waals surface area contributed by atoms with Crippen LogP contribution >= 0.6 is 0 Å². The molecule has 0 radical (unpaired) electrons. The van der Waals surface area contributed by atoms with E-state index in [9.17, 15) is 0 Å². The van der Waals surface area contributed by atoms with Crippen molar-refractivity contribution in [2.24, 2.45) is 5.73 Å². The van der Waals surface area contributed by atoms with E-state index < -0.39 is 8.56 Å². The molecule has 0 saturated carbocycles. The summed E-state index contributed by atoms with van der Waals surface area (Å²) in [5.74, 6) is 0. The van der Waals surface area contributed by atoms with Crippen molar-refractivity contribution in [2.45, 2.75) is 52.2 Å². The van der Waals surface area contributed by atoms with Gasteiger partial charge in [-0.3, -0.25) is 0 Å². The van der Waals surface area contributed by atoms with Gasteiger partial charge in [-0.15, -0.1) is 0 Å². The number of hydrogen-bond acceptors (Lipinski definition) is 3. The fourth-order valence-corrected chi connectivity index (χ4v) is 4.62. The third-order valence-electron chi connectivity index (χ3n) is 2.33. The molecule has 86 valence electrons. The smallest absolute Gasteiger partial charge is 0.337 e. The van der Waals surface area contributed by atoms with Crippen LogP contribution < -0.4 is 5.73 Å². The summed E-state index contributed by atoms with van der Waals surface area (Å²) in [5.41, 5.74) is 5.76. The summed E-state index contributed by atoms with van der Waals surface area (Å²) >= 11 is 0. The van der Waals surface area contributed by atoms with Crippen molar-refractivity contribution < 1.29 is 8.85 Å². The maximum atomic E-state index is 5.83. The van der Waals surface area contributed by atoms with Gasteiger partial charge < -0.3 is 14.6 Å². The van der Waals surface area contributed by atoms with Crippen LogP contribution in [-0.2, 0) is 8.85 Å². The lowest BCUT2D eigenvalue weighted by Crippen LogP contribution is -2.42. The lowest BCUT2D eigenvalue weighted by molar-refractivity contribution is 0.182. The number of hydrogen-bond donors (Lipinski definition) is 1. The van der Waals surface area contributed by atoms with Gasteiger partial charge in [0, 0.05) is 19.3 Å². The molecule has 0 bridgehead atoms. The number of nitrogens with two attached hydrogens (primary N) is 1. The molecular weight excluding hydrogens is 194 g/mol. The molecule has 0 aromatic carbocycles. The van der Waals surface area contributed by atoms with Gasteiger partial charge in [-0.1, -0.05) is 6.92 Å². The van der Waals surface area contributed by atoms with Crippen molar-refractivity contribution >= 4 is 8.56 Å². The lowest BCUT2D eigenvalue weighted by Gasteiger charge is -2.29. The summed E-state index contributed by atoms with van der Waals surface area (Å²) in [6.07, 6.45) is 1.00. The highest BCUT2D eigenvalue weighted by Crippen LogP contribution is 2.21. The van der Waals surface area contributed by atoms with E-state index in [1.807, 2.05) is 20.8 Å². The van der Waals surface area contributed by atoms with E-state index in [2.05, 4.69) is 6.92 Å². The van der Waals surface area contributed by atoms with Crippen molar-refractivity contribution in [2.75, 3.05) is 13.2 Å². The Balaban J connectivity index is 4.17. The first-order chi connectivity index (χ1) is 6.60. The fourth-order valence-electron chi connectivity index (χ4n) is 1.54. The molecule has 0 fully saturated rings. The molecule has 0 aliphatic carbocycles. The van der Waals surface area contributed by atoms with Crippen molar-refractivity contribution in [3.63, 3.8) is 0 Å². The predicted octanol–water partition coefficient (Wildman–Crippen LogP) is 2.26. The Kier molecular flexibility index (Phi) is 7.45. The van der Waals surface area contributed by atoms with Gasteiger partial charge in [0.1, 0.15) is 0 Å². The van der Waals surface area contributed by atoms with Crippen molar-refractivity contribution in [1.29, 1.82) is 0 Å². The van der Waals surface area contributed by atoms with Gasteiger partial charge in [0.25, 0.3) is 0 Å². The molecule has 0 heterocycles. The van der Waals surface area contributed by atoms with Gasteiger partial charge in [0.15, 0.2) is 0 Å². The molecule has 1 unspecified atom stereocenters. The minimum absolute atomic E-state index is 0.245. The highest BCUT2D eigenvalue weighted by molar-refractivity contribution is 6.67. The van der Waals surface area contributed by atoms with Crippen molar-refractivity contribution in [3.05, 3.63) is 0 Å². The van der Waals surface area contributed by atoms with Gasteiger partial charge in [-0.25, -0.2) is 0 Å². The normalized spacial score (nSPS) is 14.4. The molecule has 0 saturated heterocycles. The first-order valence-electron chi connectivity index (χ1n) is 5.63. The van der Waals surface area contributed by atoms with Crippen LogP contribution in [0.3, 0.4) is 0 Å². The van der Waals surface area contributed by atoms with Crippen LogP contribution in [-0.4, -0.2) is 27.8 Å². The Morgan fingerprint density at radius 1 is 1.14 bits per heavy atom. The first kappa shape index (κ1) is 14.1. The number of rotatable bonds is 8. The molecule has 14 heavy (non-hydrogen) atoms. The molecule has 0 aliphatic rings. The highest BCUT2D eigenvalue weighted by Gasteiger charge is 2.34. The summed E-state index contributed by atoms with van der Waals surface area (Å²) in [4.78, 5) is 0. The van der Waals surface area contributed by atoms with Crippen molar-refractivity contribution in [3.8, 4) is 0 Å². The molecule has 0 aromatic rings. The summed E-state index contributed by atoms with van der Waals surface area (Å²) in [5, 5.41) is 0. The summed E-state index contributed by atoms with van der Waals surface area (Å²) in [7, 11) is -1.91. The van der Waals surface area contributed by atoms with Gasteiger partial charge >= 0.3 is 8.56 Å². The largest absolute Gasteiger partial charge is 0.394 e. The third kappa shape index (κ3) is 5.10. The molecule has 3 nitrogen and oxygen atoms in total. The highest BCUT2D eigenvalue weighted by atomic mass is 28.4. The van der Waals surface area contributed by atoms with Crippen LogP contribution in [0.15, 0.2) is 0 Å². The first-order valence-corrected chi connectivity index (χ1v) is 7.86. The molecular formula is C10H25NO2Si. The van der Waals surface area contributed by atoms with Crippen LogP contribution in [0.2, 0.25) is 12.1 Å². The predicted molar refractivity (Wildman–Crippen MR) is 62.6 cm³/mol. The minimum Gasteiger partial charge on any atom is -0.394 e. The topological polar surface area (TPSA) is 44.5 Å². The zero-order valence-electron chi connectivity index (χ0n) is 10.0. The summed E-state index contributed by atoms with van der Waals surface area (Å²) in [6, 6.07) is 2.28. The molecule has 0 aromatic heterocycles. The van der Waals surface area contributed by atoms with Gasteiger partial charge in [-0.05, 0) is 39.3 Å². The van der Waals surface area contributed by atoms with E-state index in [4.69, 9.17) is 14.6 Å². The Hall–Kier alpha value is 0.0969. The third-order valence-corrected chi connectivity index (χ3v) is 6.09. The second kappa shape index (κ2) is 7.40. The maximum absolute atomic E-state index is 5.83. The van der Waals surface area contributed by atoms with E-state index in [0.29, 0.717) is 0 Å². The average molecular weight is 219 g/mol. The van der Waals surface area contributed by atoms with E-state index in [-0.39, 0.29) is 6.04 Å². The lowest BCUT2D eigenvalue weighted by atomic mass is 10.3. The summed E-state index contributed by atoms with van der Waals surface area (Å²) < 4.78 is 11.7. The Bertz CT molecular complexity index is 136. The molecule has 0 amide bonds. The standard InChI is InChI=1S/C10H25NO2Si/c1-5-12-14(7-3,13-6-2)9-8-10(4)11/h10H,5-9,11H2,1-4H3. The van der Waals surface area contributed by atoms with E-state index >= 15 is 0 Å². The van der Waals surface area contributed by atoms with E-state index in [1.165, 1.54) is 0 Å². The van der Waals surface area contributed by atoms with Gasteiger partial charge in [-0.2, -0.15) is 0 Å². The monoisotopic (exact) mass is 219 g/mol. The SMILES string of the molecule is CCO[Si](CC)(CCC(C)N)OCC. The zero-order valence-corrected chi connectivity index (χ0v) is 11.0. The molecule has 4 heteroatoms. The Morgan fingerprint density at radius 3 is 1.93 bits per heavy atom. The molecule has 1 atom stereocenters. The Morgan fingerprint density at radius 2 is 1.64 bits per heavy atom. The molecule has 0 aliphatic heterocycles. The minimum atomic E-state index is -1.91. The Labute approximate surface area is 89.2 Å². The maximum Gasteiger partial charge on any atom is 0.337 e. The van der Waals surface area contributed by atoms with Crippen LogP contribution in [0.5, 0.6) is 0 Å². The quantitative estimate of drug-likeness (QED) is 0.637. The van der Waals surface area contributed by atoms with Crippen LogP contribution in [0, 0.1) is 0 Å². The average Bonchev–Trinajstić information content (AvgIpc) is 2.15. The summed E-state index contributed by atoms with van der Waals surface area (Å²) in [6.45, 7) is 9.74. The van der Waals surface area contributed by atoms with Crippen LogP contribution in [0.4, 0.5) is 0 Å². The molecule has 0 rings (SSSR count). The molecule has 2 N–H and O–H groups in total. The fraction of sp³-hybridized carbons (Fsp3) is 1.00. The second-order valence-corrected chi connectivity index (χ2v) is 7.25. The van der Waals surface area contributed by atoms with Gasteiger partial charge in [0.05, 0.1) is 0 Å². The van der Waals surface area contributed by atoms with Crippen LogP contribution in [0.1, 0.15) is 34.1 Å².